The van der Waals surface area contributed by atoms with Crippen LogP contribution in [0.4, 0.5) is 0 Å². The molecule has 5 rings (SSSR count). The van der Waals surface area contributed by atoms with Crippen LogP contribution in [0.3, 0.4) is 0 Å². The Morgan fingerprint density at radius 2 is 1.74 bits per heavy atom. The van der Waals surface area contributed by atoms with Gasteiger partial charge in [-0.05, 0) is 81.1 Å². The molecule has 0 aliphatic carbocycles. The Morgan fingerprint density at radius 3 is 2.37 bits per heavy atom. The summed E-state index contributed by atoms with van der Waals surface area (Å²) in [6, 6.07) is 23.9. The van der Waals surface area contributed by atoms with Gasteiger partial charge in [0.05, 0.1) is 11.5 Å². The van der Waals surface area contributed by atoms with E-state index in [4.69, 9.17) is 16.3 Å². The summed E-state index contributed by atoms with van der Waals surface area (Å²) >= 11 is 7.94. The van der Waals surface area contributed by atoms with Crippen molar-refractivity contribution in [1.29, 1.82) is 0 Å². The first-order valence-corrected chi connectivity index (χ1v) is 17.3. The average molecular weight is 661 g/mol. The quantitative estimate of drug-likeness (QED) is 0.140. The molecule has 0 radical (unpaired) electrons. The monoisotopic (exact) mass is 660 g/mol. The van der Waals surface area contributed by atoms with Gasteiger partial charge >= 0.3 is 5.97 Å². The number of hydrogen-bond donors (Lipinski definition) is 2. The number of aliphatic carboxylic acids is 1. The van der Waals surface area contributed by atoms with E-state index in [0.29, 0.717) is 36.6 Å². The molecular formula is C38H45ClN2O4S. The molecule has 2 heterocycles. The van der Waals surface area contributed by atoms with E-state index in [9.17, 15) is 14.7 Å². The van der Waals surface area contributed by atoms with E-state index in [1.807, 2.05) is 54.6 Å². The van der Waals surface area contributed by atoms with Crippen molar-refractivity contribution >= 4 is 46.0 Å². The number of aryl methyl sites for hydroxylation is 1. The first kappa shape index (κ1) is 34.1. The molecule has 0 amide bonds. The van der Waals surface area contributed by atoms with Gasteiger partial charge in [-0.15, -0.1) is 11.8 Å². The Balaban J connectivity index is 1.57. The van der Waals surface area contributed by atoms with Crippen molar-refractivity contribution in [2.75, 3.05) is 6.54 Å². The third-order valence-electron chi connectivity index (χ3n) is 8.49. The highest BCUT2D eigenvalue weighted by Crippen LogP contribution is 2.44. The van der Waals surface area contributed by atoms with Gasteiger partial charge in [0.25, 0.3) is 0 Å². The van der Waals surface area contributed by atoms with Gasteiger partial charge in [0.2, 0.25) is 0 Å². The summed E-state index contributed by atoms with van der Waals surface area (Å²) in [5, 5.41) is 15.3. The third kappa shape index (κ3) is 8.36. The number of rotatable bonds is 13. The van der Waals surface area contributed by atoms with Crippen LogP contribution in [0, 0.1) is 5.41 Å². The number of fused-ring (bicyclic) bond motifs is 1. The van der Waals surface area contributed by atoms with Gasteiger partial charge in [0.1, 0.15) is 5.75 Å². The summed E-state index contributed by atoms with van der Waals surface area (Å²) in [5.74, 6) is -0.105. The van der Waals surface area contributed by atoms with Crippen LogP contribution in [0.5, 0.6) is 5.75 Å². The maximum atomic E-state index is 13.7. The maximum absolute atomic E-state index is 13.7. The van der Waals surface area contributed by atoms with Gasteiger partial charge in [0, 0.05) is 50.6 Å². The number of thioether (sulfide) groups is 1. The zero-order valence-electron chi connectivity index (χ0n) is 27.4. The lowest BCUT2D eigenvalue weighted by molar-refractivity contribution is -0.146. The van der Waals surface area contributed by atoms with Crippen LogP contribution in [0.15, 0.2) is 77.7 Å². The molecule has 244 valence electrons. The number of hydrogen-bond acceptors (Lipinski definition) is 5. The maximum Gasteiger partial charge on any atom is 0.309 e. The fourth-order valence-corrected chi connectivity index (χ4v) is 7.33. The standard InChI is InChI=1S/C38H45ClN2O4S/c1-37(2,3)46-35-29-22-28(45-34(30-12-9-21-40-30)33(42)20-15-25-10-7-6-8-11-25)18-19-31(29)41(24-26-13-16-27(39)17-14-26)32(35)23-38(4,5)36(43)44/h6-8,10-11,13-14,16-19,22,30,34,40H,9,12,15,20-21,23-24H2,1-5H3,(H,43,44). The van der Waals surface area contributed by atoms with Crippen LogP contribution in [-0.2, 0) is 29.0 Å². The van der Waals surface area contributed by atoms with Gasteiger partial charge in [-0.3, -0.25) is 9.59 Å². The predicted molar refractivity (Wildman–Crippen MR) is 188 cm³/mol. The molecule has 1 aliphatic rings. The number of carboxylic acids is 1. The largest absolute Gasteiger partial charge is 0.481 e. The van der Waals surface area contributed by atoms with E-state index < -0.39 is 17.5 Å². The molecule has 1 fully saturated rings. The molecule has 3 aromatic carbocycles. The summed E-state index contributed by atoms with van der Waals surface area (Å²) in [6.07, 6.45) is 2.74. The van der Waals surface area contributed by atoms with Gasteiger partial charge in [-0.25, -0.2) is 0 Å². The Bertz CT molecular complexity index is 1670. The fraction of sp³-hybridized carbons (Fsp3) is 0.421. The van der Waals surface area contributed by atoms with E-state index in [2.05, 4.69) is 48.9 Å². The molecular weight excluding hydrogens is 616 g/mol. The molecule has 2 N–H and O–H groups in total. The van der Waals surface area contributed by atoms with Crippen molar-refractivity contribution < 1.29 is 19.4 Å². The minimum absolute atomic E-state index is 0.0381. The zero-order chi connectivity index (χ0) is 33.1. The molecule has 0 spiro atoms. The van der Waals surface area contributed by atoms with Crippen LogP contribution < -0.4 is 10.1 Å². The SMILES string of the molecule is CC(C)(C)Sc1c(CC(C)(C)C(=O)O)n(Cc2ccc(Cl)cc2)c2ccc(OC(C(=O)CCc3ccccc3)C3CCCN3)cc12. The minimum atomic E-state index is -0.983. The molecule has 0 bridgehead atoms. The van der Waals surface area contributed by atoms with E-state index in [1.165, 1.54) is 0 Å². The lowest BCUT2D eigenvalue weighted by atomic mass is 9.88. The van der Waals surface area contributed by atoms with E-state index in [1.54, 1.807) is 25.6 Å². The highest BCUT2D eigenvalue weighted by atomic mass is 35.5. The Morgan fingerprint density at radius 1 is 1.02 bits per heavy atom. The van der Waals surface area contributed by atoms with Gasteiger partial charge in [-0.2, -0.15) is 0 Å². The summed E-state index contributed by atoms with van der Waals surface area (Å²) in [5.41, 5.74) is 3.19. The second-order valence-corrected chi connectivity index (χ2v) is 16.2. The minimum Gasteiger partial charge on any atom is -0.481 e. The van der Waals surface area contributed by atoms with Gasteiger partial charge in [0.15, 0.2) is 11.9 Å². The molecule has 2 atom stereocenters. The van der Waals surface area contributed by atoms with Crippen molar-refractivity contribution in [3.63, 3.8) is 0 Å². The number of carboxylic acid groups (broad SMARTS) is 1. The number of ether oxygens (including phenoxy) is 1. The number of carbonyl (C=O) groups is 2. The highest BCUT2D eigenvalue weighted by Gasteiger charge is 2.34. The lowest BCUT2D eigenvalue weighted by Crippen LogP contribution is -2.44. The Hall–Kier alpha value is -3.26. The number of carbonyl (C=O) groups excluding carboxylic acids is 1. The number of Topliss-reactive ketones (excluding diaryl/α,β-unsaturated/α-hetero) is 1. The molecule has 1 aromatic heterocycles. The van der Waals surface area contributed by atoms with Crippen molar-refractivity contribution in [3.05, 3.63) is 94.6 Å². The molecule has 6 nitrogen and oxygen atoms in total. The molecule has 1 saturated heterocycles. The normalized spacial score (nSPS) is 16.1. The topological polar surface area (TPSA) is 80.6 Å². The summed E-state index contributed by atoms with van der Waals surface area (Å²) in [7, 11) is 0. The molecule has 8 heteroatoms. The summed E-state index contributed by atoms with van der Waals surface area (Å²) in [6.45, 7) is 11.5. The highest BCUT2D eigenvalue weighted by molar-refractivity contribution is 8.00. The molecule has 46 heavy (non-hydrogen) atoms. The van der Waals surface area contributed by atoms with Crippen LogP contribution in [0.2, 0.25) is 5.02 Å². The van der Waals surface area contributed by atoms with E-state index in [-0.39, 0.29) is 16.6 Å². The second-order valence-electron chi connectivity index (χ2n) is 13.9. The lowest BCUT2D eigenvalue weighted by Gasteiger charge is -2.24. The predicted octanol–water partition coefficient (Wildman–Crippen LogP) is 8.59. The smallest absolute Gasteiger partial charge is 0.309 e. The average Bonchev–Trinajstić information content (AvgIpc) is 3.63. The Kier molecular flexibility index (Phi) is 10.6. The summed E-state index contributed by atoms with van der Waals surface area (Å²) < 4.78 is 8.72. The Labute approximate surface area is 281 Å². The number of ketones is 1. The second kappa shape index (κ2) is 14.2. The number of halogens is 1. The molecule has 0 saturated carbocycles. The van der Waals surface area contributed by atoms with E-state index in [0.717, 1.165) is 52.0 Å². The van der Waals surface area contributed by atoms with E-state index >= 15 is 0 Å². The van der Waals surface area contributed by atoms with Crippen LogP contribution in [-0.4, -0.2) is 44.9 Å². The number of nitrogens with zero attached hydrogens (tertiary/aromatic N) is 1. The fourth-order valence-electron chi connectivity index (χ4n) is 6.02. The third-order valence-corrected chi connectivity index (χ3v) is 10.0. The number of nitrogens with one attached hydrogen (secondary N) is 1. The van der Waals surface area contributed by atoms with Gasteiger partial charge < -0.3 is 19.7 Å². The van der Waals surface area contributed by atoms with Crippen LogP contribution in [0.25, 0.3) is 10.9 Å². The first-order valence-electron chi connectivity index (χ1n) is 16.1. The van der Waals surface area contributed by atoms with Crippen LogP contribution in [0.1, 0.15) is 70.7 Å². The zero-order valence-corrected chi connectivity index (χ0v) is 29.0. The molecule has 4 aromatic rings. The van der Waals surface area contributed by atoms with Crippen molar-refractivity contribution in [2.24, 2.45) is 5.41 Å². The van der Waals surface area contributed by atoms with Crippen molar-refractivity contribution in [2.45, 2.75) is 95.1 Å². The number of benzene rings is 3. The first-order chi connectivity index (χ1) is 21.8. The van der Waals surface area contributed by atoms with Crippen molar-refractivity contribution in [3.8, 4) is 5.75 Å². The number of aromatic nitrogens is 1. The van der Waals surface area contributed by atoms with Crippen molar-refractivity contribution in [1.82, 2.24) is 9.88 Å². The summed E-state index contributed by atoms with van der Waals surface area (Å²) in [4.78, 5) is 27.1. The molecule has 1 aliphatic heterocycles. The molecule has 2 unspecified atom stereocenters. The van der Waals surface area contributed by atoms with Gasteiger partial charge in [-0.1, -0.05) is 74.8 Å². The van der Waals surface area contributed by atoms with Crippen LogP contribution >= 0.6 is 23.4 Å².